The van der Waals surface area contributed by atoms with Crippen molar-refractivity contribution >= 4 is 23.0 Å². The van der Waals surface area contributed by atoms with Crippen LogP contribution in [-0.4, -0.2) is 19.7 Å². The van der Waals surface area contributed by atoms with E-state index in [4.69, 9.17) is 13.9 Å². The third kappa shape index (κ3) is 3.67. The van der Waals surface area contributed by atoms with Gasteiger partial charge in [0.2, 0.25) is 0 Å². The Morgan fingerprint density at radius 2 is 1.92 bits per heavy atom. The molecule has 0 radical (unpaired) electrons. The highest BCUT2D eigenvalue weighted by Crippen LogP contribution is 2.30. The van der Waals surface area contributed by atoms with Crippen LogP contribution in [0.4, 0.5) is 0 Å². The molecule has 0 aliphatic carbocycles. The quantitative estimate of drug-likeness (QED) is 0.513. The zero-order chi connectivity index (χ0) is 18.5. The second-order valence-electron chi connectivity index (χ2n) is 5.53. The van der Waals surface area contributed by atoms with Crippen molar-refractivity contribution in [3.63, 3.8) is 0 Å². The van der Waals surface area contributed by atoms with E-state index in [9.17, 15) is 9.59 Å². The highest BCUT2D eigenvalue weighted by molar-refractivity contribution is 5.90. The number of methoxy groups -OCH3 is 1. The van der Waals surface area contributed by atoms with Crippen molar-refractivity contribution in [1.82, 2.24) is 0 Å². The summed E-state index contributed by atoms with van der Waals surface area (Å²) in [7, 11) is 1.50. The van der Waals surface area contributed by atoms with Gasteiger partial charge in [0.1, 0.15) is 5.76 Å². The molecule has 2 aromatic carbocycles. The zero-order valence-electron chi connectivity index (χ0n) is 14.5. The molecule has 0 amide bonds. The molecule has 0 saturated heterocycles. The minimum absolute atomic E-state index is 0.185. The Kier molecular flexibility index (Phi) is 5.17. The van der Waals surface area contributed by atoms with Crippen LogP contribution >= 0.6 is 0 Å². The lowest BCUT2D eigenvalue weighted by Crippen LogP contribution is -2.02. The summed E-state index contributed by atoms with van der Waals surface area (Å²) < 4.78 is 16.2. The molecule has 0 aliphatic rings. The molecular formula is C21H18O5. The Bertz CT molecular complexity index is 1020. The number of ether oxygens (including phenoxy) is 2. The van der Waals surface area contributed by atoms with E-state index in [1.807, 2.05) is 30.3 Å². The van der Waals surface area contributed by atoms with E-state index in [1.165, 1.54) is 19.3 Å². The van der Waals surface area contributed by atoms with Crippen molar-refractivity contribution in [2.45, 2.75) is 6.92 Å². The molecule has 0 spiro atoms. The first-order chi connectivity index (χ1) is 12.6. The lowest BCUT2D eigenvalue weighted by molar-refractivity contribution is -0.137. The number of carbonyl (C=O) groups is 1. The monoisotopic (exact) mass is 350 g/mol. The largest absolute Gasteiger partial charge is 0.493 e. The average molecular weight is 350 g/mol. The molecule has 0 N–H and O–H groups in total. The Hall–Kier alpha value is -3.34. The fourth-order valence-corrected chi connectivity index (χ4v) is 2.60. The molecule has 26 heavy (non-hydrogen) atoms. The van der Waals surface area contributed by atoms with Gasteiger partial charge in [0.15, 0.2) is 16.8 Å². The molecule has 0 unspecified atom stereocenters. The first-order valence-corrected chi connectivity index (χ1v) is 8.18. The summed E-state index contributed by atoms with van der Waals surface area (Å²) in [5, 5.41) is 0.382. The summed E-state index contributed by atoms with van der Waals surface area (Å²) in [5.41, 5.74) is 1.63. The van der Waals surface area contributed by atoms with Gasteiger partial charge >= 0.3 is 5.97 Å². The second-order valence-corrected chi connectivity index (χ2v) is 5.53. The number of hydrogen-bond acceptors (Lipinski definition) is 5. The highest BCUT2D eigenvalue weighted by Gasteiger charge is 2.12. The molecule has 5 heteroatoms. The predicted octanol–water partition coefficient (Wildman–Crippen LogP) is 4.04. The third-order valence-electron chi connectivity index (χ3n) is 3.79. The fourth-order valence-electron chi connectivity index (χ4n) is 2.60. The van der Waals surface area contributed by atoms with Crippen molar-refractivity contribution in [2.75, 3.05) is 13.7 Å². The number of fused-ring (bicyclic) bond motifs is 1. The summed E-state index contributed by atoms with van der Waals surface area (Å²) in [4.78, 5) is 24.1. The van der Waals surface area contributed by atoms with E-state index < -0.39 is 5.97 Å². The van der Waals surface area contributed by atoms with E-state index in [2.05, 4.69) is 0 Å². The number of esters is 1. The van der Waals surface area contributed by atoms with Gasteiger partial charge in [-0.05, 0) is 30.7 Å². The second kappa shape index (κ2) is 7.70. The molecular weight excluding hydrogens is 332 g/mol. The van der Waals surface area contributed by atoms with E-state index in [0.717, 1.165) is 5.56 Å². The normalized spacial score (nSPS) is 11.0. The van der Waals surface area contributed by atoms with Crippen LogP contribution in [0.15, 0.2) is 63.8 Å². The number of benzene rings is 2. The summed E-state index contributed by atoms with van der Waals surface area (Å²) in [5.74, 6) is 0.440. The topological polar surface area (TPSA) is 65.7 Å². The van der Waals surface area contributed by atoms with E-state index in [-0.39, 0.29) is 5.43 Å². The molecule has 5 nitrogen and oxygen atoms in total. The molecule has 0 atom stereocenters. The number of hydrogen-bond donors (Lipinski definition) is 0. The van der Waals surface area contributed by atoms with Crippen molar-refractivity contribution in [2.24, 2.45) is 0 Å². The number of rotatable bonds is 5. The standard InChI is InChI=1S/C21H18O5/c1-3-25-20(23)10-9-14-11-16-17(22)13-18(15-7-5-4-6-8-15)26-21(16)19(12-14)24-2/h4-13H,3H2,1-2H3/b10-9+. The first kappa shape index (κ1) is 17.5. The van der Waals surface area contributed by atoms with Crippen LogP contribution in [0.2, 0.25) is 0 Å². The van der Waals surface area contributed by atoms with Crippen molar-refractivity contribution in [3.8, 4) is 17.1 Å². The fraction of sp³-hybridized carbons (Fsp3) is 0.143. The van der Waals surface area contributed by atoms with Crippen LogP contribution < -0.4 is 10.2 Å². The Morgan fingerprint density at radius 1 is 1.15 bits per heavy atom. The smallest absolute Gasteiger partial charge is 0.330 e. The zero-order valence-corrected chi connectivity index (χ0v) is 14.5. The maximum Gasteiger partial charge on any atom is 0.330 e. The summed E-state index contributed by atoms with van der Waals surface area (Å²) in [6, 6.07) is 14.2. The van der Waals surface area contributed by atoms with Crippen molar-refractivity contribution in [1.29, 1.82) is 0 Å². The van der Waals surface area contributed by atoms with Gasteiger partial charge in [-0.1, -0.05) is 30.3 Å². The van der Waals surface area contributed by atoms with Crippen LogP contribution in [0.1, 0.15) is 12.5 Å². The summed E-state index contributed by atoms with van der Waals surface area (Å²) in [6.45, 7) is 2.04. The summed E-state index contributed by atoms with van der Waals surface area (Å²) >= 11 is 0. The van der Waals surface area contributed by atoms with Gasteiger partial charge in [-0.15, -0.1) is 0 Å². The molecule has 1 heterocycles. The average Bonchev–Trinajstić information content (AvgIpc) is 2.67. The minimum Gasteiger partial charge on any atom is -0.493 e. The van der Waals surface area contributed by atoms with Gasteiger partial charge in [0.25, 0.3) is 0 Å². The van der Waals surface area contributed by atoms with Crippen LogP contribution in [0.3, 0.4) is 0 Å². The Balaban J connectivity index is 2.11. The Morgan fingerprint density at radius 3 is 2.62 bits per heavy atom. The molecule has 0 saturated carbocycles. The molecule has 0 fully saturated rings. The lowest BCUT2D eigenvalue weighted by Gasteiger charge is -2.08. The van der Waals surface area contributed by atoms with Gasteiger partial charge in [-0.25, -0.2) is 4.79 Å². The first-order valence-electron chi connectivity index (χ1n) is 8.18. The predicted molar refractivity (Wildman–Crippen MR) is 100 cm³/mol. The van der Waals surface area contributed by atoms with Gasteiger partial charge in [-0.3, -0.25) is 4.79 Å². The molecule has 0 bridgehead atoms. The van der Waals surface area contributed by atoms with Gasteiger partial charge in [0, 0.05) is 17.7 Å². The van der Waals surface area contributed by atoms with Gasteiger partial charge < -0.3 is 13.9 Å². The van der Waals surface area contributed by atoms with Crippen LogP contribution in [0.25, 0.3) is 28.4 Å². The van der Waals surface area contributed by atoms with Gasteiger partial charge in [0.05, 0.1) is 19.1 Å². The molecule has 3 rings (SSSR count). The summed E-state index contributed by atoms with van der Waals surface area (Å²) in [6.07, 6.45) is 2.88. The molecule has 132 valence electrons. The lowest BCUT2D eigenvalue weighted by atomic mass is 10.1. The van der Waals surface area contributed by atoms with E-state index in [1.54, 1.807) is 25.1 Å². The van der Waals surface area contributed by atoms with Crippen molar-refractivity contribution < 1.29 is 18.7 Å². The highest BCUT2D eigenvalue weighted by atomic mass is 16.5. The van der Waals surface area contributed by atoms with E-state index >= 15 is 0 Å². The Labute approximate surface area is 150 Å². The van der Waals surface area contributed by atoms with Gasteiger partial charge in [-0.2, -0.15) is 0 Å². The van der Waals surface area contributed by atoms with Crippen LogP contribution in [0, 0.1) is 0 Å². The van der Waals surface area contributed by atoms with E-state index in [0.29, 0.717) is 34.6 Å². The maximum absolute atomic E-state index is 12.6. The van der Waals surface area contributed by atoms with Crippen molar-refractivity contribution in [3.05, 3.63) is 70.4 Å². The third-order valence-corrected chi connectivity index (χ3v) is 3.79. The number of carbonyl (C=O) groups excluding carboxylic acids is 1. The van der Waals surface area contributed by atoms with Crippen LogP contribution in [-0.2, 0) is 9.53 Å². The molecule has 3 aromatic rings. The SMILES string of the molecule is CCOC(=O)/C=C/c1cc(OC)c2oc(-c3ccccc3)cc(=O)c2c1. The van der Waals surface area contributed by atoms with Crippen LogP contribution in [0.5, 0.6) is 5.75 Å². The molecule has 1 aromatic heterocycles. The molecule has 0 aliphatic heterocycles. The minimum atomic E-state index is -0.446. The maximum atomic E-state index is 12.6.